The average Bonchev–Trinajstić information content (AvgIpc) is 3.03. The third-order valence-corrected chi connectivity index (χ3v) is 7.57. The van der Waals surface area contributed by atoms with Gasteiger partial charge in [-0.2, -0.15) is 10.1 Å². The van der Waals surface area contributed by atoms with E-state index in [-0.39, 0.29) is 51.5 Å². The number of carboxylic acids is 1. The normalized spacial score (nSPS) is 29.5. The minimum atomic E-state index is -1.13. The number of imide groups is 1. The number of aromatic carboxylic acids is 1. The van der Waals surface area contributed by atoms with Gasteiger partial charge in [-0.1, -0.05) is 23.8 Å². The second-order valence-corrected chi connectivity index (χ2v) is 9.06. The molecule has 2 heterocycles. The van der Waals surface area contributed by atoms with E-state index in [1.807, 2.05) is 0 Å². The van der Waals surface area contributed by atoms with Gasteiger partial charge in [0.1, 0.15) is 11.5 Å². The number of hydrogen-bond acceptors (Lipinski definition) is 5. The fourth-order valence-corrected chi connectivity index (χ4v) is 5.91. The summed E-state index contributed by atoms with van der Waals surface area (Å²) in [7, 11) is 0. The lowest BCUT2D eigenvalue weighted by atomic mass is 9.85. The number of carboxylic acid groups (broad SMARTS) is 1. The fraction of sp³-hybridized carbons (Fsp3) is 0.304. The van der Waals surface area contributed by atoms with Gasteiger partial charge in [0.25, 0.3) is 11.8 Å². The third-order valence-electron chi connectivity index (χ3n) is 7.24. The zero-order valence-corrected chi connectivity index (χ0v) is 17.0. The molecule has 2 aromatic rings. The summed E-state index contributed by atoms with van der Waals surface area (Å²) in [6.07, 6.45) is 7.77. The van der Waals surface area contributed by atoms with Crippen LogP contribution in [0, 0.1) is 29.1 Å². The molecule has 4 atom stereocenters. The molecule has 1 spiro atoms. The number of furan rings is 1. The minimum absolute atomic E-state index is 0.0257. The van der Waals surface area contributed by atoms with Gasteiger partial charge in [0.15, 0.2) is 0 Å². The van der Waals surface area contributed by atoms with Crippen molar-refractivity contribution in [1.82, 2.24) is 5.01 Å². The highest BCUT2D eigenvalue weighted by atomic mass is 35.5. The molecule has 1 saturated heterocycles. The Kier molecular flexibility index (Phi) is 3.69. The van der Waals surface area contributed by atoms with Gasteiger partial charge in [-0.3, -0.25) is 9.59 Å². The van der Waals surface area contributed by atoms with Crippen molar-refractivity contribution in [3.63, 3.8) is 0 Å². The van der Waals surface area contributed by atoms with Gasteiger partial charge >= 0.3 is 5.97 Å². The molecule has 6 rings (SSSR count). The van der Waals surface area contributed by atoms with Gasteiger partial charge in [0.05, 0.1) is 28.6 Å². The molecule has 4 unspecified atom stereocenters. The summed E-state index contributed by atoms with van der Waals surface area (Å²) in [4.78, 5) is 37.2. The lowest BCUT2D eigenvalue weighted by Gasteiger charge is -2.18. The van der Waals surface area contributed by atoms with Crippen molar-refractivity contribution >= 4 is 35.6 Å². The van der Waals surface area contributed by atoms with Crippen LogP contribution in [0.5, 0.6) is 0 Å². The first-order chi connectivity index (χ1) is 14.9. The van der Waals surface area contributed by atoms with Crippen LogP contribution in [0.15, 0.2) is 52.0 Å². The van der Waals surface area contributed by atoms with E-state index in [0.29, 0.717) is 17.1 Å². The van der Waals surface area contributed by atoms with Crippen LogP contribution in [0.1, 0.15) is 29.0 Å². The molecule has 2 amide bonds. The first-order valence-electron chi connectivity index (χ1n) is 10.1. The van der Waals surface area contributed by atoms with Gasteiger partial charge in [0, 0.05) is 5.56 Å². The number of rotatable bonds is 4. The molecule has 7 nitrogen and oxygen atoms in total. The van der Waals surface area contributed by atoms with E-state index >= 15 is 0 Å². The Bertz CT molecular complexity index is 1190. The van der Waals surface area contributed by atoms with Crippen LogP contribution < -0.4 is 0 Å². The highest BCUT2D eigenvalue weighted by Gasteiger charge is 2.73. The Hall–Kier alpha value is -3.19. The van der Waals surface area contributed by atoms with Gasteiger partial charge in [-0.05, 0) is 60.4 Å². The smallest absolute Gasteiger partial charge is 0.337 e. The highest BCUT2D eigenvalue weighted by Crippen LogP contribution is 2.73. The number of nitrogens with zero attached hydrogens (tertiary/aromatic N) is 2. The molecule has 31 heavy (non-hydrogen) atoms. The molecule has 1 aromatic heterocycles. The number of halogens is 1. The first kappa shape index (κ1) is 18.6. The summed E-state index contributed by atoms with van der Waals surface area (Å²) in [5.41, 5.74) is 0.670. The lowest BCUT2D eigenvalue weighted by molar-refractivity contribution is -0.141. The Labute approximate surface area is 182 Å². The number of allylic oxidation sites excluding steroid dienone is 2. The van der Waals surface area contributed by atoms with Crippen molar-refractivity contribution in [2.75, 3.05) is 0 Å². The number of carbonyl (C=O) groups is 3. The van der Waals surface area contributed by atoms with Crippen LogP contribution >= 0.6 is 11.6 Å². The maximum atomic E-state index is 12.9. The van der Waals surface area contributed by atoms with Gasteiger partial charge in [0.2, 0.25) is 0 Å². The van der Waals surface area contributed by atoms with Crippen molar-refractivity contribution in [2.45, 2.75) is 12.8 Å². The maximum Gasteiger partial charge on any atom is 0.337 e. The molecule has 2 bridgehead atoms. The van der Waals surface area contributed by atoms with Crippen LogP contribution in [0.25, 0.3) is 11.3 Å². The SMILES string of the molecule is O=C(O)c1cc(-c2ccc(C=NN3C(=O)C4C(C3=O)C3C=CC4C34CC4)o2)ccc1Cl. The minimum Gasteiger partial charge on any atom is -0.478 e. The van der Waals surface area contributed by atoms with Crippen molar-refractivity contribution in [3.8, 4) is 11.3 Å². The Balaban J connectivity index is 1.23. The van der Waals surface area contributed by atoms with Crippen LogP contribution in [0.2, 0.25) is 5.02 Å². The van der Waals surface area contributed by atoms with Gasteiger partial charge < -0.3 is 9.52 Å². The number of hydrazone groups is 1. The van der Waals surface area contributed by atoms with Crippen molar-refractivity contribution in [2.24, 2.45) is 34.2 Å². The summed E-state index contributed by atoms with van der Waals surface area (Å²) in [5, 5.41) is 14.5. The first-order valence-corrected chi connectivity index (χ1v) is 10.5. The molecule has 3 fully saturated rings. The lowest BCUT2D eigenvalue weighted by Crippen LogP contribution is -2.30. The number of fused-ring (bicyclic) bond motifs is 3. The van der Waals surface area contributed by atoms with E-state index in [1.165, 1.54) is 18.3 Å². The number of benzene rings is 1. The molecule has 4 aliphatic rings. The molecular weight excluding hydrogens is 420 g/mol. The summed E-state index contributed by atoms with van der Waals surface area (Å²) in [5.74, 6) is -1.10. The van der Waals surface area contributed by atoms with Gasteiger partial charge in [-0.15, -0.1) is 0 Å². The van der Waals surface area contributed by atoms with E-state index in [2.05, 4.69) is 17.3 Å². The number of amides is 2. The average molecular weight is 437 g/mol. The second-order valence-electron chi connectivity index (χ2n) is 8.66. The van der Waals surface area contributed by atoms with E-state index in [9.17, 15) is 19.5 Å². The molecule has 0 radical (unpaired) electrons. The summed E-state index contributed by atoms with van der Waals surface area (Å²) < 4.78 is 5.72. The second kappa shape index (κ2) is 6.17. The Morgan fingerprint density at radius 1 is 1.13 bits per heavy atom. The molecule has 2 saturated carbocycles. The molecule has 8 heteroatoms. The standard InChI is InChI=1S/C23H17ClN2O5/c24-16-5-1-11(9-13(16)22(29)30)17-6-2-12(31-17)10-25-26-20(27)18-14-3-4-15(19(18)21(26)28)23(14)7-8-23/h1-6,9-10,14-15,18-19H,7-8H2,(H,29,30). The topological polar surface area (TPSA) is 100 Å². The van der Waals surface area contributed by atoms with Gasteiger partial charge in [-0.25, -0.2) is 4.79 Å². The quantitative estimate of drug-likeness (QED) is 0.446. The molecule has 3 aliphatic carbocycles. The summed E-state index contributed by atoms with van der Waals surface area (Å²) >= 11 is 5.91. The predicted octanol–water partition coefficient (Wildman–Crippen LogP) is 3.83. The number of hydrogen-bond donors (Lipinski definition) is 1. The zero-order valence-electron chi connectivity index (χ0n) is 16.2. The summed E-state index contributed by atoms with van der Waals surface area (Å²) in [6.45, 7) is 0. The third kappa shape index (κ3) is 2.47. The molecule has 1 N–H and O–H groups in total. The Morgan fingerprint density at radius 3 is 2.42 bits per heavy atom. The zero-order chi connectivity index (χ0) is 21.5. The fourth-order valence-electron chi connectivity index (χ4n) is 5.71. The molecular formula is C23H17ClN2O5. The predicted molar refractivity (Wildman–Crippen MR) is 110 cm³/mol. The largest absolute Gasteiger partial charge is 0.478 e. The van der Waals surface area contributed by atoms with Crippen molar-refractivity contribution in [3.05, 3.63) is 58.8 Å². The van der Waals surface area contributed by atoms with E-state index in [0.717, 1.165) is 17.9 Å². The van der Waals surface area contributed by atoms with Crippen molar-refractivity contribution < 1.29 is 23.9 Å². The Morgan fingerprint density at radius 2 is 1.81 bits per heavy atom. The van der Waals surface area contributed by atoms with E-state index in [4.69, 9.17) is 16.0 Å². The monoisotopic (exact) mass is 436 g/mol. The summed E-state index contributed by atoms with van der Waals surface area (Å²) in [6, 6.07) is 7.88. The van der Waals surface area contributed by atoms with Crippen LogP contribution in [0.3, 0.4) is 0 Å². The molecule has 1 aromatic carbocycles. The number of carbonyl (C=O) groups excluding carboxylic acids is 2. The molecule has 156 valence electrons. The van der Waals surface area contributed by atoms with Crippen LogP contribution in [0.4, 0.5) is 0 Å². The van der Waals surface area contributed by atoms with Crippen molar-refractivity contribution in [1.29, 1.82) is 0 Å². The van der Waals surface area contributed by atoms with E-state index < -0.39 is 5.97 Å². The highest BCUT2D eigenvalue weighted by molar-refractivity contribution is 6.33. The van der Waals surface area contributed by atoms with Crippen LogP contribution in [-0.2, 0) is 9.59 Å². The molecule has 1 aliphatic heterocycles. The van der Waals surface area contributed by atoms with E-state index in [1.54, 1.807) is 18.2 Å². The van der Waals surface area contributed by atoms with Crippen LogP contribution in [-0.4, -0.2) is 34.1 Å². The maximum absolute atomic E-state index is 12.9.